The number of hydrogen-bond acceptors (Lipinski definition) is 2. The van der Waals surface area contributed by atoms with Gasteiger partial charge in [-0.2, -0.15) is 18.3 Å². The fourth-order valence-corrected chi connectivity index (χ4v) is 1.38. The standard InChI is InChI=1S/C10H15F3N2O/c1-3-9(16,4-2)7-15-6-5-8(14-15)10(11,12)13/h5-6,16H,3-4,7H2,1-2H3. The highest BCUT2D eigenvalue weighted by atomic mass is 19.4. The second-order valence-electron chi connectivity index (χ2n) is 3.83. The van der Waals surface area contributed by atoms with Gasteiger partial charge in [-0.1, -0.05) is 13.8 Å². The normalized spacial score (nSPS) is 13.1. The van der Waals surface area contributed by atoms with Crippen LogP contribution in [-0.2, 0) is 12.7 Å². The lowest BCUT2D eigenvalue weighted by atomic mass is 9.98. The predicted molar refractivity (Wildman–Crippen MR) is 52.8 cm³/mol. The molecule has 0 aliphatic carbocycles. The van der Waals surface area contributed by atoms with Crippen molar-refractivity contribution in [2.75, 3.05) is 0 Å². The van der Waals surface area contributed by atoms with Crippen molar-refractivity contribution in [1.82, 2.24) is 9.78 Å². The molecule has 1 rings (SSSR count). The van der Waals surface area contributed by atoms with Gasteiger partial charge in [0.05, 0.1) is 12.1 Å². The molecule has 0 aliphatic rings. The monoisotopic (exact) mass is 236 g/mol. The summed E-state index contributed by atoms with van der Waals surface area (Å²) in [6.07, 6.45) is -2.24. The molecule has 1 heterocycles. The molecule has 1 N–H and O–H groups in total. The second kappa shape index (κ2) is 4.45. The molecule has 0 radical (unpaired) electrons. The summed E-state index contributed by atoms with van der Waals surface area (Å²) in [5.41, 5.74) is -1.92. The van der Waals surface area contributed by atoms with Crippen molar-refractivity contribution in [3.8, 4) is 0 Å². The summed E-state index contributed by atoms with van der Waals surface area (Å²) >= 11 is 0. The van der Waals surface area contributed by atoms with Crippen LogP contribution in [0.2, 0.25) is 0 Å². The molecule has 0 unspecified atom stereocenters. The Kier molecular flexibility index (Phi) is 3.62. The molecule has 1 aromatic rings. The number of rotatable bonds is 4. The second-order valence-corrected chi connectivity index (χ2v) is 3.83. The maximum absolute atomic E-state index is 12.3. The molecular weight excluding hydrogens is 221 g/mol. The fourth-order valence-electron chi connectivity index (χ4n) is 1.38. The first kappa shape index (κ1) is 13.0. The highest BCUT2D eigenvalue weighted by molar-refractivity contribution is 5.03. The maximum Gasteiger partial charge on any atom is 0.435 e. The third-order valence-corrected chi connectivity index (χ3v) is 2.70. The number of aliphatic hydroxyl groups is 1. The van der Waals surface area contributed by atoms with Crippen LogP contribution in [0, 0.1) is 0 Å². The van der Waals surface area contributed by atoms with Gasteiger partial charge in [0.15, 0.2) is 5.69 Å². The summed E-state index contributed by atoms with van der Waals surface area (Å²) in [4.78, 5) is 0. The summed E-state index contributed by atoms with van der Waals surface area (Å²) in [6.45, 7) is 3.66. The van der Waals surface area contributed by atoms with Crippen molar-refractivity contribution < 1.29 is 18.3 Å². The van der Waals surface area contributed by atoms with E-state index in [2.05, 4.69) is 5.10 Å². The molecule has 3 nitrogen and oxygen atoms in total. The van der Waals surface area contributed by atoms with E-state index in [1.807, 2.05) is 0 Å². The van der Waals surface area contributed by atoms with Gasteiger partial charge in [-0.3, -0.25) is 4.68 Å². The molecule has 0 atom stereocenters. The summed E-state index contributed by atoms with van der Waals surface area (Å²) < 4.78 is 37.9. The average Bonchev–Trinajstić information content (AvgIpc) is 2.65. The average molecular weight is 236 g/mol. The van der Waals surface area contributed by atoms with E-state index in [9.17, 15) is 18.3 Å². The van der Waals surface area contributed by atoms with Crippen molar-refractivity contribution in [1.29, 1.82) is 0 Å². The minimum absolute atomic E-state index is 0.0794. The van der Waals surface area contributed by atoms with E-state index in [1.54, 1.807) is 13.8 Å². The van der Waals surface area contributed by atoms with Gasteiger partial charge < -0.3 is 5.11 Å². The van der Waals surface area contributed by atoms with Crippen LogP contribution in [0.1, 0.15) is 32.4 Å². The molecule has 0 aliphatic heterocycles. The lowest BCUT2D eigenvalue weighted by molar-refractivity contribution is -0.141. The van der Waals surface area contributed by atoms with Crippen molar-refractivity contribution in [3.63, 3.8) is 0 Å². The van der Waals surface area contributed by atoms with Crippen LogP contribution in [0.25, 0.3) is 0 Å². The van der Waals surface area contributed by atoms with Gasteiger partial charge in [0.2, 0.25) is 0 Å². The van der Waals surface area contributed by atoms with E-state index in [1.165, 1.54) is 6.20 Å². The molecular formula is C10H15F3N2O. The molecule has 6 heteroatoms. The summed E-state index contributed by atoms with van der Waals surface area (Å²) in [5.74, 6) is 0. The molecule has 0 aromatic carbocycles. The zero-order chi connectivity index (χ0) is 12.4. The Morgan fingerprint density at radius 1 is 1.31 bits per heavy atom. The lowest BCUT2D eigenvalue weighted by Gasteiger charge is -2.24. The molecule has 0 saturated heterocycles. The van der Waals surface area contributed by atoms with Crippen molar-refractivity contribution >= 4 is 0 Å². The van der Waals surface area contributed by atoms with Gasteiger partial charge in [0, 0.05) is 6.20 Å². The van der Waals surface area contributed by atoms with Crippen molar-refractivity contribution in [3.05, 3.63) is 18.0 Å². The van der Waals surface area contributed by atoms with E-state index in [-0.39, 0.29) is 6.54 Å². The van der Waals surface area contributed by atoms with Gasteiger partial charge in [-0.25, -0.2) is 0 Å². The van der Waals surface area contributed by atoms with Gasteiger partial charge in [0.1, 0.15) is 0 Å². The molecule has 0 amide bonds. The van der Waals surface area contributed by atoms with Gasteiger partial charge in [-0.15, -0.1) is 0 Å². The minimum Gasteiger partial charge on any atom is -0.388 e. The SMILES string of the molecule is CCC(O)(CC)Cn1ccc(C(F)(F)F)n1. The largest absolute Gasteiger partial charge is 0.435 e. The van der Waals surface area contributed by atoms with Crippen LogP contribution >= 0.6 is 0 Å². The molecule has 0 saturated carbocycles. The van der Waals surface area contributed by atoms with Crippen LogP contribution in [0.5, 0.6) is 0 Å². The van der Waals surface area contributed by atoms with Crippen LogP contribution in [0.3, 0.4) is 0 Å². The summed E-state index contributed by atoms with van der Waals surface area (Å²) in [7, 11) is 0. The first-order chi connectivity index (χ1) is 7.30. The van der Waals surface area contributed by atoms with E-state index in [0.29, 0.717) is 12.8 Å². The maximum atomic E-state index is 12.3. The van der Waals surface area contributed by atoms with E-state index >= 15 is 0 Å². The number of nitrogens with zero attached hydrogens (tertiary/aromatic N) is 2. The van der Waals surface area contributed by atoms with E-state index in [0.717, 1.165) is 10.7 Å². The van der Waals surface area contributed by atoms with E-state index < -0.39 is 17.5 Å². The summed E-state index contributed by atoms with van der Waals surface area (Å²) in [5, 5.41) is 13.3. The van der Waals surface area contributed by atoms with Gasteiger partial charge in [-0.05, 0) is 18.9 Å². The Bertz CT molecular complexity index is 342. The number of aromatic nitrogens is 2. The zero-order valence-electron chi connectivity index (χ0n) is 9.25. The lowest BCUT2D eigenvalue weighted by Crippen LogP contribution is -2.32. The number of hydrogen-bond donors (Lipinski definition) is 1. The van der Waals surface area contributed by atoms with Crippen LogP contribution in [0.4, 0.5) is 13.2 Å². The predicted octanol–water partition coefficient (Wildman–Crippen LogP) is 2.45. The molecule has 92 valence electrons. The Morgan fingerprint density at radius 2 is 1.88 bits per heavy atom. The Morgan fingerprint density at radius 3 is 2.25 bits per heavy atom. The smallest absolute Gasteiger partial charge is 0.388 e. The Balaban J connectivity index is 2.80. The fraction of sp³-hybridized carbons (Fsp3) is 0.700. The highest BCUT2D eigenvalue weighted by Gasteiger charge is 2.34. The van der Waals surface area contributed by atoms with Crippen LogP contribution in [0.15, 0.2) is 12.3 Å². The highest BCUT2D eigenvalue weighted by Crippen LogP contribution is 2.27. The molecule has 0 fully saturated rings. The summed E-state index contributed by atoms with van der Waals surface area (Å²) in [6, 6.07) is 0.908. The third-order valence-electron chi connectivity index (χ3n) is 2.70. The van der Waals surface area contributed by atoms with E-state index in [4.69, 9.17) is 0 Å². The van der Waals surface area contributed by atoms with Crippen LogP contribution < -0.4 is 0 Å². The van der Waals surface area contributed by atoms with Crippen molar-refractivity contribution in [2.45, 2.75) is 45.0 Å². The third kappa shape index (κ3) is 2.98. The molecule has 16 heavy (non-hydrogen) atoms. The van der Waals surface area contributed by atoms with Crippen molar-refractivity contribution in [2.24, 2.45) is 0 Å². The molecule has 0 bridgehead atoms. The zero-order valence-corrected chi connectivity index (χ0v) is 9.25. The van der Waals surface area contributed by atoms with Gasteiger partial charge in [0.25, 0.3) is 0 Å². The first-order valence-electron chi connectivity index (χ1n) is 5.14. The molecule has 1 aromatic heterocycles. The number of alkyl halides is 3. The van der Waals surface area contributed by atoms with Crippen LogP contribution in [-0.4, -0.2) is 20.5 Å². The van der Waals surface area contributed by atoms with Gasteiger partial charge >= 0.3 is 6.18 Å². The first-order valence-corrected chi connectivity index (χ1v) is 5.14. The topological polar surface area (TPSA) is 38.0 Å². The Hall–Kier alpha value is -1.04. The minimum atomic E-state index is -4.43. The molecule has 0 spiro atoms. The Labute approximate surface area is 91.9 Å². The number of halogens is 3. The quantitative estimate of drug-likeness (QED) is 0.872.